The quantitative estimate of drug-likeness (QED) is 0.499. The van der Waals surface area contributed by atoms with E-state index in [0.717, 1.165) is 0 Å². The SMILES string of the molecule is CNc1ccc([N+](=O)[O-])cc1C(=N)c1ccncc1. The Morgan fingerprint density at radius 3 is 2.58 bits per heavy atom. The van der Waals surface area contributed by atoms with Gasteiger partial charge in [0.05, 0.1) is 10.6 Å². The molecule has 0 amide bonds. The van der Waals surface area contributed by atoms with Crippen molar-refractivity contribution in [3.8, 4) is 0 Å². The Balaban J connectivity index is 2.51. The van der Waals surface area contributed by atoms with E-state index in [1.807, 2.05) is 0 Å². The van der Waals surface area contributed by atoms with Crippen LogP contribution in [-0.4, -0.2) is 22.7 Å². The number of benzene rings is 1. The van der Waals surface area contributed by atoms with Crippen LogP contribution in [0.15, 0.2) is 42.7 Å². The Bertz CT molecular complexity index is 626. The number of nitrogens with one attached hydrogen (secondary N) is 2. The Morgan fingerprint density at radius 2 is 2.00 bits per heavy atom. The number of anilines is 1. The number of aromatic nitrogens is 1. The molecule has 2 N–H and O–H groups in total. The summed E-state index contributed by atoms with van der Waals surface area (Å²) in [5.41, 5.74) is 2.01. The normalized spacial score (nSPS) is 9.95. The second-order valence-corrected chi connectivity index (χ2v) is 3.85. The predicted molar refractivity (Wildman–Crippen MR) is 72.8 cm³/mol. The maximum absolute atomic E-state index is 10.8. The average molecular weight is 256 g/mol. The smallest absolute Gasteiger partial charge is 0.270 e. The van der Waals surface area contributed by atoms with Crippen molar-refractivity contribution >= 4 is 17.1 Å². The molecule has 1 heterocycles. The zero-order valence-corrected chi connectivity index (χ0v) is 10.3. The van der Waals surface area contributed by atoms with Crippen LogP contribution in [0.4, 0.5) is 11.4 Å². The van der Waals surface area contributed by atoms with Gasteiger partial charge in [-0.15, -0.1) is 0 Å². The van der Waals surface area contributed by atoms with Crippen molar-refractivity contribution in [2.24, 2.45) is 0 Å². The Kier molecular flexibility index (Phi) is 3.51. The number of nitro groups is 1. The highest BCUT2D eigenvalue weighted by Gasteiger charge is 2.14. The van der Waals surface area contributed by atoms with Gasteiger partial charge in [-0.3, -0.25) is 20.5 Å². The molecule has 19 heavy (non-hydrogen) atoms. The van der Waals surface area contributed by atoms with Gasteiger partial charge in [0.15, 0.2) is 0 Å². The zero-order chi connectivity index (χ0) is 13.8. The van der Waals surface area contributed by atoms with Crippen molar-refractivity contribution in [2.45, 2.75) is 0 Å². The van der Waals surface area contributed by atoms with Gasteiger partial charge in [-0.25, -0.2) is 0 Å². The number of pyridine rings is 1. The first-order valence-corrected chi connectivity index (χ1v) is 5.59. The van der Waals surface area contributed by atoms with Crippen LogP contribution in [0.25, 0.3) is 0 Å². The standard InChI is InChI=1S/C13H12N4O2/c1-15-12-3-2-10(17(18)19)8-11(12)13(14)9-4-6-16-7-5-9/h2-8,14-15H,1H3. The van der Waals surface area contributed by atoms with Crippen LogP contribution < -0.4 is 5.32 Å². The average Bonchev–Trinajstić information content (AvgIpc) is 2.46. The van der Waals surface area contributed by atoms with Gasteiger partial charge >= 0.3 is 0 Å². The van der Waals surface area contributed by atoms with E-state index in [1.54, 1.807) is 37.6 Å². The van der Waals surface area contributed by atoms with Crippen LogP contribution in [-0.2, 0) is 0 Å². The van der Waals surface area contributed by atoms with E-state index in [-0.39, 0.29) is 11.4 Å². The molecule has 0 unspecified atom stereocenters. The third-order valence-electron chi connectivity index (χ3n) is 2.72. The number of nitro benzene ring substituents is 1. The monoisotopic (exact) mass is 256 g/mol. The lowest BCUT2D eigenvalue weighted by atomic mass is 10.0. The summed E-state index contributed by atoms with van der Waals surface area (Å²) in [4.78, 5) is 14.2. The molecule has 2 aromatic rings. The molecule has 2 rings (SSSR count). The first kappa shape index (κ1) is 12.7. The number of nitrogens with zero attached hydrogens (tertiary/aromatic N) is 2. The van der Waals surface area contributed by atoms with Crippen LogP contribution >= 0.6 is 0 Å². The number of hydrogen-bond donors (Lipinski definition) is 2. The first-order chi connectivity index (χ1) is 9.13. The molecule has 0 bridgehead atoms. The number of rotatable bonds is 4. The van der Waals surface area contributed by atoms with E-state index in [1.165, 1.54) is 12.1 Å². The molecule has 0 saturated heterocycles. The summed E-state index contributed by atoms with van der Waals surface area (Å²) in [6, 6.07) is 7.80. The first-order valence-electron chi connectivity index (χ1n) is 5.59. The van der Waals surface area contributed by atoms with Crippen LogP contribution in [0.3, 0.4) is 0 Å². The lowest BCUT2D eigenvalue weighted by Gasteiger charge is -2.10. The Labute approximate surface area is 109 Å². The Hall–Kier alpha value is -2.76. The number of non-ortho nitro benzene ring substituents is 1. The highest BCUT2D eigenvalue weighted by molar-refractivity contribution is 6.14. The molecule has 6 heteroatoms. The molecular formula is C13H12N4O2. The van der Waals surface area contributed by atoms with Crippen LogP contribution in [0.1, 0.15) is 11.1 Å². The van der Waals surface area contributed by atoms with Gasteiger partial charge in [-0.1, -0.05) is 0 Å². The third kappa shape index (κ3) is 2.57. The molecule has 0 spiro atoms. The van der Waals surface area contributed by atoms with E-state index in [4.69, 9.17) is 5.41 Å². The molecule has 0 atom stereocenters. The van der Waals surface area contributed by atoms with E-state index in [9.17, 15) is 10.1 Å². The molecule has 0 saturated carbocycles. The fourth-order valence-corrected chi connectivity index (χ4v) is 1.74. The van der Waals surface area contributed by atoms with Crippen molar-refractivity contribution in [1.82, 2.24) is 4.98 Å². The molecule has 0 aliphatic rings. The van der Waals surface area contributed by atoms with E-state index in [2.05, 4.69) is 10.3 Å². The second-order valence-electron chi connectivity index (χ2n) is 3.85. The minimum absolute atomic E-state index is 0.0344. The largest absolute Gasteiger partial charge is 0.388 e. The second kappa shape index (κ2) is 5.26. The maximum atomic E-state index is 10.8. The predicted octanol–water partition coefficient (Wildman–Crippen LogP) is 2.45. The summed E-state index contributed by atoms with van der Waals surface area (Å²) in [5.74, 6) is 0. The van der Waals surface area contributed by atoms with E-state index >= 15 is 0 Å². The van der Waals surface area contributed by atoms with Gasteiger partial charge < -0.3 is 5.32 Å². The van der Waals surface area contributed by atoms with Gasteiger partial charge in [0, 0.05) is 48.4 Å². The molecule has 1 aromatic carbocycles. The highest BCUT2D eigenvalue weighted by Crippen LogP contribution is 2.24. The van der Waals surface area contributed by atoms with Crippen LogP contribution in [0.5, 0.6) is 0 Å². The van der Waals surface area contributed by atoms with Gasteiger partial charge in [-0.05, 0) is 18.2 Å². The Morgan fingerprint density at radius 1 is 1.32 bits per heavy atom. The molecular weight excluding hydrogens is 244 g/mol. The minimum atomic E-state index is -0.469. The van der Waals surface area contributed by atoms with Crippen molar-refractivity contribution in [3.63, 3.8) is 0 Å². The summed E-state index contributed by atoms with van der Waals surface area (Å²) in [7, 11) is 1.71. The van der Waals surface area contributed by atoms with Crippen molar-refractivity contribution in [3.05, 3.63) is 64.0 Å². The summed E-state index contributed by atoms with van der Waals surface area (Å²) in [6.45, 7) is 0. The zero-order valence-electron chi connectivity index (χ0n) is 10.3. The third-order valence-corrected chi connectivity index (χ3v) is 2.72. The molecule has 0 fully saturated rings. The fourth-order valence-electron chi connectivity index (χ4n) is 1.74. The maximum Gasteiger partial charge on any atom is 0.270 e. The summed E-state index contributed by atoms with van der Waals surface area (Å²) >= 11 is 0. The van der Waals surface area contributed by atoms with Gasteiger partial charge in [-0.2, -0.15) is 0 Å². The minimum Gasteiger partial charge on any atom is -0.388 e. The van der Waals surface area contributed by atoms with Crippen LogP contribution in [0.2, 0.25) is 0 Å². The van der Waals surface area contributed by atoms with Crippen molar-refractivity contribution in [1.29, 1.82) is 5.41 Å². The van der Waals surface area contributed by atoms with Gasteiger partial charge in [0.1, 0.15) is 0 Å². The van der Waals surface area contributed by atoms with Crippen molar-refractivity contribution < 1.29 is 4.92 Å². The fraction of sp³-hybridized carbons (Fsp3) is 0.0769. The summed E-state index contributed by atoms with van der Waals surface area (Å²) in [5, 5.41) is 21.9. The lowest BCUT2D eigenvalue weighted by Crippen LogP contribution is -2.06. The summed E-state index contributed by atoms with van der Waals surface area (Å²) < 4.78 is 0. The molecule has 96 valence electrons. The van der Waals surface area contributed by atoms with E-state index in [0.29, 0.717) is 16.8 Å². The number of hydrogen-bond acceptors (Lipinski definition) is 5. The van der Waals surface area contributed by atoms with Gasteiger partial charge in [0.2, 0.25) is 0 Å². The highest BCUT2D eigenvalue weighted by atomic mass is 16.6. The topological polar surface area (TPSA) is 91.9 Å². The molecule has 0 aliphatic heterocycles. The molecule has 1 aromatic heterocycles. The molecule has 6 nitrogen and oxygen atoms in total. The van der Waals surface area contributed by atoms with Crippen LogP contribution in [0, 0.1) is 15.5 Å². The summed E-state index contributed by atoms with van der Waals surface area (Å²) in [6.07, 6.45) is 3.17. The lowest BCUT2D eigenvalue weighted by molar-refractivity contribution is -0.384. The van der Waals surface area contributed by atoms with Crippen molar-refractivity contribution in [2.75, 3.05) is 12.4 Å². The van der Waals surface area contributed by atoms with E-state index < -0.39 is 4.92 Å². The molecule has 0 aliphatic carbocycles. The molecule has 0 radical (unpaired) electrons. The van der Waals surface area contributed by atoms with Gasteiger partial charge in [0.25, 0.3) is 5.69 Å².